The SMILES string of the molecule is N#Cc1csc(C(=O)Nc2cnccc2-c2cccc(F)c2)c1. The van der Waals surface area contributed by atoms with E-state index in [1.807, 2.05) is 6.07 Å². The molecule has 4 nitrogen and oxygen atoms in total. The molecule has 2 heterocycles. The summed E-state index contributed by atoms with van der Waals surface area (Å²) in [5.41, 5.74) is 2.24. The van der Waals surface area contributed by atoms with Crippen LogP contribution in [0.3, 0.4) is 0 Å². The first-order valence-electron chi connectivity index (χ1n) is 6.67. The van der Waals surface area contributed by atoms with Crippen molar-refractivity contribution in [3.63, 3.8) is 0 Å². The van der Waals surface area contributed by atoms with E-state index in [0.29, 0.717) is 27.3 Å². The third-order valence-corrected chi connectivity index (χ3v) is 4.09. The van der Waals surface area contributed by atoms with Crippen LogP contribution >= 0.6 is 11.3 Å². The van der Waals surface area contributed by atoms with E-state index in [2.05, 4.69) is 10.3 Å². The van der Waals surface area contributed by atoms with E-state index in [1.54, 1.807) is 29.8 Å². The van der Waals surface area contributed by atoms with E-state index >= 15 is 0 Å². The molecule has 0 saturated carbocycles. The molecule has 0 aliphatic carbocycles. The molecule has 0 unspecified atom stereocenters. The average Bonchev–Trinajstić information content (AvgIpc) is 3.04. The molecule has 3 aromatic rings. The highest BCUT2D eigenvalue weighted by molar-refractivity contribution is 7.12. The molecule has 0 aliphatic rings. The molecule has 0 atom stereocenters. The number of rotatable bonds is 3. The minimum absolute atomic E-state index is 0.331. The Morgan fingerprint density at radius 2 is 2.17 bits per heavy atom. The highest BCUT2D eigenvalue weighted by Crippen LogP contribution is 2.28. The van der Waals surface area contributed by atoms with Gasteiger partial charge in [-0.1, -0.05) is 12.1 Å². The minimum Gasteiger partial charge on any atom is -0.319 e. The van der Waals surface area contributed by atoms with E-state index in [-0.39, 0.29) is 11.7 Å². The van der Waals surface area contributed by atoms with E-state index in [9.17, 15) is 9.18 Å². The van der Waals surface area contributed by atoms with Crippen LogP contribution in [-0.4, -0.2) is 10.9 Å². The van der Waals surface area contributed by atoms with Gasteiger partial charge < -0.3 is 5.32 Å². The van der Waals surface area contributed by atoms with Gasteiger partial charge >= 0.3 is 0 Å². The summed E-state index contributed by atoms with van der Waals surface area (Å²) in [6.07, 6.45) is 3.09. The first kappa shape index (κ1) is 14.9. The van der Waals surface area contributed by atoms with Crippen LogP contribution in [0.25, 0.3) is 11.1 Å². The molecule has 0 spiro atoms. The monoisotopic (exact) mass is 323 g/mol. The lowest BCUT2D eigenvalue weighted by Crippen LogP contribution is -2.11. The molecule has 3 rings (SSSR count). The highest BCUT2D eigenvalue weighted by Gasteiger charge is 2.13. The first-order chi connectivity index (χ1) is 11.2. The molecular formula is C17H10FN3OS. The summed E-state index contributed by atoms with van der Waals surface area (Å²) >= 11 is 1.19. The zero-order valence-corrected chi connectivity index (χ0v) is 12.6. The average molecular weight is 323 g/mol. The molecule has 1 amide bonds. The fourth-order valence-electron chi connectivity index (χ4n) is 2.10. The smallest absolute Gasteiger partial charge is 0.265 e. The number of carbonyl (C=O) groups excluding carboxylic acids is 1. The molecule has 6 heteroatoms. The quantitative estimate of drug-likeness (QED) is 0.790. The Balaban J connectivity index is 1.92. The number of amides is 1. The molecule has 0 bridgehead atoms. The third-order valence-electron chi connectivity index (χ3n) is 3.16. The van der Waals surface area contributed by atoms with Crippen LogP contribution in [-0.2, 0) is 0 Å². The first-order valence-corrected chi connectivity index (χ1v) is 7.55. The fourth-order valence-corrected chi connectivity index (χ4v) is 2.83. The number of nitrogens with one attached hydrogen (secondary N) is 1. The number of carbonyl (C=O) groups is 1. The van der Waals surface area contributed by atoms with E-state index < -0.39 is 0 Å². The number of anilines is 1. The van der Waals surface area contributed by atoms with Gasteiger partial charge in [-0.2, -0.15) is 5.26 Å². The summed E-state index contributed by atoms with van der Waals surface area (Å²) in [5.74, 6) is -0.685. The number of hydrogen-bond acceptors (Lipinski definition) is 4. The number of nitrogens with zero attached hydrogens (tertiary/aromatic N) is 2. The maximum atomic E-state index is 13.4. The molecule has 2 aromatic heterocycles. The van der Waals surface area contributed by atoms with Gasteiger partial charge in [0.25, 0.3) is 5.91 Å². The number of pyridine rings is 1. The Morgan fingerprint density at radius 1 is 1.30 bits per heavy atom. The Morgan fingerprint density at radius 3 is 2.91 bits per heavy atom. The Kier molecular flexibility index (Phi) is 4.13. The van der Waals surface area contributed by atoms with Crippen molar-refractivity contribution in [3.05, 3.63) is 70.4 Å². The number of nitriles is 1. The van der Waals surface area contributed by atoms with Crippen LogP contribution in [0, 0.1) is 17.1 Å². The van der Waals surface area contributed by atoms with Gasteiger partial charge in [-0.05, 0) is 29.8 Å². The summed E-state index contributed by atoms with van der Waals surface area (Å²) in [7, 11) is 0. The van der Waals surface area contributed by atoms with Crippen molar-refractivity contribution in [2.45, 2.75) is 0 Å². The summed E-state index contributed by atoms with van der Waals surface area (Å²) in [5, 5.41) is 13.2. The van der Waals surface area contributed by atoms with Gasteiger partial charge in [-0.3, -0.25) is 9.78 Å². The van der Waals surface area contributed by atoms with Gasteiger partial charge in [0.2, 0.25) is 0 Å². The molecule has 112 valence electrons. The summed E-state index contributed by atoms with van der Waals surface area (Å²) in [4.78, 5) is 16.7. The second kappa shape index (κ2) is 6.38. The van der Waals surface area contributed by atoms with Crippen LogP contribution < -0.4 is 5.32 Å². The van der Waals surface area contributed by atoms with Crippen molar-refractivity contribution in [1.82, 2.24) is 4.98 Å². The fraction of sp³-hybridized carbons (Fsp3) is 0. The number of hydrogen-bond donors (Lipinski definition) is 1. The number of halogens is 1. The van der Waals surface area contributed by atoms with Gasteiger partial charge in [0.05, 0.1) is 22.3 Å². The van der Waals surface area contributed by atoms with Gasteiger partial charge in [0, 0.05) is 17.1 Å². The summed E-state index contributed by atoms with van der Waals surface area (Å²) in [6, 6.07) is 11.3. The Bertz CT molecular complexity index is 914. The zero-order valence-electron chi connectivity index (χ0n) is 11.8. The van der Waals surface area contributed by atoms with E-state index in [1.165, 1.54) is 35.7 Å². The van der Waals surface area contributed by atoms with Gasteiger partial charge in [-0.25, -0.2) is 4.39 Å². The predicted molar refractivity (Wildman–Crippen MR) is 86.6 cm³/mol. The number of benzene rings is 1. The van der Waals surface area contributed by atoms with E-state index in [0.717, 1.165) is 0 Å². The molecule has 1 N–H and O–H groups in total. The summed E-state index contributed by atoms with van der Waals surface area (Å²) < 4.78 is 13.4. The van der Waals surface area contributed by atoms with Gasteiger partial charge in [-0.15, -0.1) is 11.3 Å². The second-order valence-electron chi connectivity index (χ2n) is 4.70. The molecule has 0 radical (unpaired) electrons. The molecular weight excluding hydrogens is 313 g/mol. The van der Waals surface area contributed by atoms with Crippen LogP contribution in [0.15, 0.2) is 54.2 Å². The van der Waals surface area contributed by atoms with Crippen LogP contribution in [0.4, 0.5) is 10.1 Å². The van der Waals surface area contributed by atoms with Crippen molar-refractivity contribution in [1.29, 1.82) is 5.26 Å². The van der Waals surface area contributed by atoms with Crippen molar-refractivity contribution >= 4 is 22.9 Å². The minimum atomic E-state index is -0.353. The Labute approximate surface area is 135 Å². The number of aromatic nitrogens is 1. The van der Waals surface area contributed by atoms with Crippen LogP contribution in [0.1, 0.15) is 15.2 Å². The van der Waals surface area contributed by atoms with Crippen molar-refractivity contribution < 1.29 is 9.18 Å². The molecule has 0 aliphatic heterocycles. The maximum absolute atomic E-state index is 13.4. The lowest BCUT2D eigenvalue weighted by Gasteiger charge is -2.10. The number of thiophene rings is 1. The molecule has 0 fully saturated rings. The lowest BCUT2D eigenvalue weighted by molar-refractivity contribution is 0.103. The van der Waals surface area contributed by atoms with Gasteiger partial charge in [0.1, 0.15) is 11.9 Å². The topological polar surface area (TPSA) is 65.8 Å². The van der Waals surface area contributed by atoms with Crippen LogP contribution in [0.2, 0.25) is 0 Å². The molecule has 0 saturated heterocycles. The van der Waals surface area contributed by atoms with Crippen molar-refractivity contribution in [3.8, 4) is 17.2 Å². The van der Waals surface area contributed by atoms with Gasteiger partial charge in [0.15, 0.2) is 0 Å². The maximum Gasteiger partial charge on any atom is 0.265 e. The lowest BCUT2D eigenvalue weighted by atomic mass is 10.1. The second-order valence-corrected chi connectivity index (χ2v) is 5.61. The molecule has 1 aromatic carbocycles. The largest absolute Gasteiger partial charge is 0.319 e. The predicted octanol–water partition coefficient (Wildman–Crippen LogP) is 4.07. The zero-order chi connectivity index (χ0) is 16.2. The van der Waals surface area contributed by atoms with E-state index in [4.69, 9.17) is 5.26 Å². The van der Waals surface area contributed by atoms with Crippen molar-refractivity contribution in [2.75, 3.05) is 5.32 Å². The normalized spacial score (nSPS) is 10.1. The molecule has 23 heavy (non-hydrogen) atoms. The standard InChI is InChI=1S/C17H10FN3OS/c18-13-3-1-2-12(7-13)14-4-5-20-9-15(14)21-17(22)16-6-11(8-19)10-23-16/h1-7,9-10H,(H,21,22). The Hall–Kier alpha value is -3.04. The van der Waals surface area contributed by atoms with Crippen LogP contribution in [0.5, 0.6) is 0 Å². The van der Waals surface area contributed by atoms with Crippen molar-refractivity contribution in [2.24, 2.45) is 0 Å². The highest BCUT2D eigenvalue weighted by atomic mass is 32.1. The summed E-state index contributed by atoms with van der Waals surface area (Å²) in [6.45, 7) is 0. The third kappa shape index (κ3) is 3.25.